The van der Waals surface area contributed by atoms with Crippen molar-refractivity contribution in [2.75, 3.05) is 11.4 Å². The summed E-state index contributed by atoms with van der Waals surface area (Å²) in [4.78, 5) is 4.74. The average molecular weight is 216 g/mol. The number of hydrogen-bond donors (Lipinski definition) is 0. The topological polar surface area (TPSA) is 6.48 Å². The molecule has 1 atom stereocenters. The van der Waals surface area contributed by atoms with Crippen LogP contribution in [0.15, 0.2) is 42.7 Å². The van der Waals surface area contributed by atoms with Crippen LogP contribution in [0.1, 0.15) is 20.8 Å². The molecule has 1 unspecified atom stereocenters. The summed E-state index contributed by atoms with van der Waals surface area (Å²) in [5, 5.41) is 0. The summed E-state index contributed by atoms with van der Waals surface area (Å²) in [5.41, 5.74) is 1.27. The number of benzene rings is 1. The zero-order valence-electron chi connectivity index (χ0n) is 10.3. The Bertz CT molecular complexity index is 356. The van der Waals surface area contributed by atoms with Gasteiger partial charge in [0.2, 0.25) is 0 Å². The molecule has 86 valence electrons. The van der Waals surface area contributed by atoms with Crippen molar-refractivity contribution in [1.29, 1.82) is 0 Å². The van der Waals surface area contributed by atoms with Crippen LogP contribution in [0.5, 0.6) is 0 Å². The lowest BCUT2D eigenvalue weighted by atomic mass is 10.1. The van der Waals surface area contributed by atoms with E-state index in [1.807, 2.05) is 0 Å². The molecule has 1 aromatic rings. The summed E-state index contributed by atoms with van der Waals surface area (Å²) in [7, 11) is 0. The monoisotopic (exact) mass is 216 g/mol. The van der Waals surface area contributed by atoms with E-state index in [-0.39, 0.29) is 0 Å². The zero-order valence-corrected chi connectivity index (χ0v) is 10.3. The molecule has 0 saturated heterocycles. The maximum atomic E-state index is 2.39. The van der Waals surface area contributed by atoms with Crippen molar-refractivity contribution in [2.24, 2.45) is 5.92 Å². The van der Waals surface area contributed by atoms with Gasteiger partial charge in [-0.3, -0.25) is 0 Å². The fourth-order valence-corrected chi connectivity index (χ4v) is 2.33. The molecule has 1 aromatic carbocycles. The van der Waals surface area contributed by atoms with Gasteiger partial charge < -0.3 is 9.80 Å². The molecular weight excluding hydrogens is 196 g/mol. The lowest BCUT2D eigenvalue weighted by Gasteiger charge is -2.35. The third-order valence-electron chi connectivity index (χ3n) is 3.06. The molecule has 2 nitrogen and oxygen atoms in total. The Labute approximate surface area is 98.2 Å². The first-order valence-corrected chi connectivity index (χ1v) is 6.01. The summed E-state index contributed by atoms with van der Waals surface area (Å²) >= 11 is 0. The fourth-order valence-electron chi connectivity index (χ4n) is 2.33. The van der Waals surface area contributed by atoms with Crippen molar-refractivity contribution in [2.45, 2.75) is 26.9 Å². The molecule has 0 fully saturated rings. The number of hydrogen-bond acceptors (Lipinski definition) is 2. The SMILES string of the molecule is CCN1C=CN(c2ccccc2)C1C(C)C. The number of nitrogens with zero attached hydrogens (tertiary/aromatic N) is 2. The third-order valence-corrected chi connectivity index (χ3v) is 3.06. The second-order valence-electron chi connectivity index (χ2n) is 4.53. The van der Waals surface area contributed by atoms with Crippen molar-refractivity contribution >= 4 is 5.69 Å². The Kier molecular flexibility index (Phi) is 3.18. The first kappa shape index (κ1) is 11.1. The normalized spacial score (nSPS) is 19.9. The molecule has 1 aliphatic heterocycles. The highest BCUT2D eigenvalue weighted by atomic mass is 15.4. The maximum absolute atomic E-state index is 2.39. The fraction of sp³-hybridized carbons (Fsp3) is 0.429. The molecule has 0 aliphatic carbocycles. The standard InChI is InChI=1S/C14H20N2/c1-4-15-10-11-16(14(15)12(2)3)13-8-6-5-7-9-13/h5-12,14H,4H2,1-3H3. The van der Waals surface area contributed by atoms with E-state index in [0.717, 1.165) is 6.54 Å². The molecule has 2 heteroatoms. The molecule has 0 aromatic heterocycles. The Morgan fingerprint density at radius 2 is 1.81 bits per heavy atom. The van der Waals surface area contributed by atoms with Crippen LogP contribution >= 0.6 is 0 Å². The highest BCUT2D eigenvalue weighted by Gasteiger charge is 2.28. The molecule has 0 bridgehead atoms. The minimum Gasteiger partial charge on any atom is -0.356 e. The average Bonchev–Trinajstić information content (AvgIpc) is 2.73. The van der Waals surface area contributed by atoms with Gasteiger partial charge in [0.05, 0.1) is 0 Å². The molecule has 16 heavy (non-hydrogen) atoms. The second kappa shape index (κ2) is 4.60. The van der Waals surface area contributed by atoms with Crippen molar-refractivity contribution < 1.29 is 0 Å². The van der Waals surface area contributed by atoms with Crippen LogP contribution in [0.4, 0.5) is 5.69 Å². The lowest BCUT2D eigenvalue weighted by molar-refractivity contribution is 0.252. The van der Waals surface area contributed by atoms with Gasteiger partial charge in [0, 0.05) is 24.6 Å². The molecule has 1 aliphatic rings. The summed E-state index contributed by atoms with van der Waals surface area (Å²) in [6.45, 7) is 7.81. The van der Waals surface area contributed by atoms with Gasteiger partial charge >= 0.3 is 0 Å². The zero-order chi connectivity index (χ0) is 11.5. The third kappa shape index (κ3) is 1.92. The van der Waals surface area contributed by atoms with Crippen molar-refractivity contribution in [3.8, 4) is 0 Å². The molecule has 0 N–H and O–H groups in total. The highest BCUT2D eigenvalue weighted by Crippen LogP contribution is 2.28. The molecule has 2 rings (SSSR count). The first-order chi connectivity index (χ1) is 7.74. The Morgan fingerprint density at radius 3 is 2.38 bits per heavy atom. The number of anilines is 1. The molecule has 0 spiro atoms. The smallest absolute Gasteiger partial charge is 0.108 e. The molecular formula is C14H20N2. The van der Waals surface area contributed by atoms with Crippen LogP contribution in [0.2, 0.25) is 0 Å². The van der Waals surface area contributed by atoms with E-state index in [2.05, 4.69) is 73.3 Å². The largest absolute Gasteiger partial charge is 0.356 e. The summed E-state index contributed by atoms with van der Waals surface area (Å²) in [6, 6.07) is 10.6. The van der Waals surface area contributed by atoms with Gasteiger partial charge in [0.15, 0.2) is 0 Å². The van der Waals surface area contributed by atoms with Gasteiger partial charge in [-0.1, -0.05) is 32.0 Å². The minimum absolute atomic E-state index is 0.451. The van der Waals surface area contributed by atoms with Gasteiger partial charge in [-0.25, -0.2) is 0 Å². The van der Waals surface area contributed by atoms with Crippen molar-refractivity contribution in [3.05, 3.63) is 42.7 Å². The van der Waals surface area contributed by atoms with Gasteiger partial charge in [-0.05, 0) is 25.0 Å². The summed E-state index contributed by atoms with van der Waals surface area (Å²) in [6.07, 6.45) is 4.83. The Morgan fingerprint density at radius 1 is 1.12 bits per heavy atom. The lowest BCUT2D eigenvalue weighted by Crippen LogP contribution is -2.42. The van der Waals surface area contributed by atoms with Gasteiger partial charge in [-0.15, -0.1) is 0 Å². The van der Waals surface area contributed by atoms with Crippen LogP contribution in [-0.2, 0) is 0 Å². The van der Waals surface area contributed by atoms with Crippen LogP contribution in [0.3, 0.4) is 0 Å². The van der Waals surface area contributed by atoms with E-state index in [9.17, 15) is 0 Å². The van der Waals surface area contributed by atoms with E-state index in [1.165, 1.54) is 5.69 Å². The van der Waals surface area contributed by atoms with Crippen LogP contribution in [-0.4, -0.2) is 17.6 Å². The minimum atomic E-state index is 0.451. The Hall–Kier alpha value is -1.44. The van der Waals surface area contributed by atoms with Crippen LogP contribution in [0.25, 0.3) is 0 Å². The van der Waals surface area contributed by atoms with E-state index >= 15 is 0 Å². The molecule has 0 radical (unpaired) electrons. The predicted octanol–water partition coefficient (Wildman–Crippen LogP) is 3.28. The van der Waals surface area contributed by atoms with Crippen molar-refractivity contribution in [3.63, 3.8) is 0 Å². The molecule has 0 amide bonds. The van der Waals surface area contributed by atoms with E-state index < -0.39 is 0 Å². The van der Waals surface area contributed by atoms with Crippen LogP contribution < -0.4 is 4.90 Å². The maximum Gasteiger partial charge on any atom is 0.108 e. The van der Waals surface area contributed by atoms with Gasteiger partial charge in [0.25, 0.3) is 0 Å². The number of para-hydroxylation sites is 1. The van der Waals surface area contributed by atoms with Crippen LogP contribution in [0, 0.1) is 5.92 Å². The van der Waals surface area contributed by atoms with E-state index in [4.69, 9.17) is 0 Å². The quantitative estimate of drug-likeness (QED) is 0.765. The van der Waals surface area contributed by atoms with E-state index in [0.29, 0.717) is 12.1 Å². The van der Waals surface area contributed by atoms with Gasteiger partial charge in [-0.2, -0.15) is 0 Å². The summed E-state index contributed by atoms with van der Waals surface area (Å²) in [5.74, 6) is 0.607. The predicted molar refractivity (Wildman–Crippen MR) is 69.1 cm³/mol. The highest BCUT2D eigenvalue weighted by molar-refractivity contribution is 5.51. The van der Waals surface area contributed by atoms with E-state index in [1.54, 1.807) is 0 Å². The molecule has 1 heterocycles. The molecule has 0 saturated carbocycles. The Balaban J connectivity index is 2.25. The van der Waals surface area contributed by atoms with Gasteiger partial charge in [0.1, 0.15) is 6.17 Å². The summed E-state index contributed by atoms with van der Waals surface area (Å²) < 4.78 is 0. The number of rotatable bonds is 3. The van der Waals surface area contributed by atoms with Crippen molar-refractivity contribution in [1.82, 2.24) is 4.90 Å². The first-order valence-electron chi connectivity index (χ1n) is 6.01. The second-order valence-corrected chi connectivity index (χ2v) is 4.53.